The molecule has 0 amide bonds. The Balaban J connectivity index is 1.58. The highest BCUT2D eigenvalue weighted by Gasteiger charge is 2.13. The molecule has 0 saturated carbocycles. The molecule has 3 nitrogen and oxygen atoms in total. The molecule has 2 aromatic rings. The van der Waals surface area contributed by atoms with E-state index in [-0.39, 0.29) is 0 Å². The van der Waals surface area contributed by atoms with E-state index < -0.39 is 0 Å². The van der Waals surface area contributed by atoms with E-state index in [1.54, 1.807) is 11.3 Å². The molecule has 0 saturated heterocycles. The van der Waals surface area contributed by atoms with E-state index in [4.69, 9.17) is 5.73 Å². The van der Waals surface area contributed by atoms with Crippen molar-refractivity contribution in [2.45, 2.75) is 42.7 Å². The first-order valence-electron chi connectivity index (χ1n) is 7.68. The Hall–Kier alpha value is -1.33. The molecule has 116 valence electrons. The predicted molar refractivity (Wildman–Crippen MR) is 95.7 cm³/mol. The van der Waals surface area contributed by atoms with E-state index in [0.717, 1.165) is 24.3 Å². The van der Waals surface area contributed by atoms with Gasteiger partial charge in [-0.2, -0.15) is 0 Å². The summed E-state index contributed by atoms with van der Waals surface area (Å²) in [4.78, 5) is 8.79. The van der Waals surface area contributed by atoms with E-state index in [1.807, 2.05) is 24.9 Å². The Morgan fingerprint density at radius 2 is 2.32 bits per heavy atom. The SMILES string of the molecule is Cc1nc(N)sc1SCCc1cc(C2CC=CCC2)ccn1. The minimum atomic E-state index is 0.658. The number of hydrogen-bond donors (Lipinski definition) is 1. The summed E-state index contributed by atoms with van der Waals surface area (Å²) in [6.45, 7) is 2.02. The molecule has 2 N–H and O–H groups in total. The van der Waals surface area contributed by atoms with Crippen LogP contribution in [-0.2, 0) is 6.42 Å². The first-order valence-corrected chi connectivity index (χ1v) is 9.48. The molecule has 2 heterocycles. The predicted octanol–water partition coefficient (Wildman–Crippen LogP) is 4.59. The molecule has 0 bridgehead atoms. The van der Waals surface area contributed by atoms with Gasteiger partial charge >= 0.3 is 0 Å². The molecule has 3 rings (SSSR count). The largest absolute Gasteiger partial charge is 0.375 e. The van der Waals surface area contributed by atoms with Crippen molar-refractivity contribution < 1.29 is 0 Å². The van der Waals surface area contributed by atoms with Gasteiger partial charge in [0.05, 0.1) is 9.90 Å². The maximum atomic E-state index is 5.74. The molecule has 0 radical (unpaired) electrons. The quantitative estimate of drug-likeness (QED) is 0.643. The number of allylic oxidation sites excluding steroid dienone is 2. The van der Waals surface area contributed by atoms with E-state index in [2.05, 4.69) is 34.3 Å². The van der Waals surface area contributed by atoms with Gasteiger partial charge in [-0.05, 0) is 56.2 Å². The summed E-state index contributed by atoms with van der Waals surface area (Å²) in [6, 6.07) is 4.47. The lowest BCUT2D eigenvalue weighted by Crippen LogP contribution is -2.03. The lowest BCUT2D eigenvalue weighted by molar-refractivity contribution is 0.615. The van der Waals surface area contributed by atoms with Gasteiger partial charge in [-0.25, -0.2) is 4.98 Å². The normalized spacial score (nSPS) is 17.8. The van der Waals surface area contributed by atoms with Crippen LogP contribution in [0.4, 0.5) is 5.13 Å². The molecule has 1 unspecified atom stereocenters. The van der Waals surface area contributed by atoms with Gasteiger partial charge in [0.2, 0.25) is 0 Å². The van der Waals surface area contributed by atoms with Crippen LogP contribution in [0.2, 0.25) is 0 Å². The minimum Gasteiger partial charge on any atom is -0.375 e. The summed E-state index contributed by atoms with van der Waals surface area (Å²) in [5.74, 6) is 1.69. The van der Waals surface area contributed by atoms with Crippen molar-refractivity contribution in [1.82, 2.24) is 9.97 Å². The number of rotatable bonds is 5. The standard InChI is InChI=1S/C17H21N3S2/c1-12-16(22-17(18)20-12)21-10-8-15-11-14(7-9-19-15)13-5-3-2-4-6-13/h2-3,7,9,11,13H,4-6,8,10H2,1H3,(H2,18,20). The molecule has 22 heavy (non-hydrogen) atoms. The topological polar surface area (TPSA) is 51.8 Å². The summed E-state index contributed by atoms with van der Waals surface area (Å²) in [5, 5.41) is 0.658. The average molecular weight is 332 g/mol. The van der Waals surface area contributed by atoms with Crippen LogP contribution in [-0.4, -0.2) is 15.7 Å². The number of thiazole rings is 1. The van der Waals surface area contributed by atoms with Crippen LogP contribution in [0.1, 0.15) is 42.1 Å². The van der Waals surface area contributed by atoms with Crippen LogP contribution in [0, 0.1) is 6.92 Å². The maximum absolute atomic E-state index is 5.74. The monoisotopic (exact) mass is 331 g/mol. The Morgan fingerprint density at radius 1 is 1.41 bits per heavy atom. The fourth-order valence-corrected chi connectivity index (χ4v) is 4.83. The number of thioether (sulfide) groups is 1. The number of aryl methyl sites for hydroxylation is 2. The summed E-state index contributed by atoms with van der Waals surface area (Å²) in [5.41, 5.74) is 9.42. The number of nitrogen functional groups attached to an aromatic ring is 1. The van der Waals surface area contributed by atoms with Crippen LogP contribution < -0.4 is 5.73 Å². The molecule has 2 aromatic heterocycles. The molecular formula is C17H21N3S2. The lowest BCUT2D eigenvalue weighted by Gasteiger charge is -2.18. The maximum Gasteiger partial charge on any atom is 0.181 e. The smallest absolute Gasteiger partial charge is 0.181 e. The molecule has 1 aliphatic carbocycles. The van der Waals surface area contributed by atoms with Gasteiger partial charge in [-0.3, -0.25) is 4.98 Å². The number of hydrogen-bond acceptors (Lipinski definition) is 5. The van der Waals surface area contributed by atoms with Crippen LogP contribution >= 0.6 is 23.1 Å². The zero-order chi connectivity index (χ0) is 15.4. The van der Waals surface area contributed by atoms with Crippen LogP contribution in [0.5, 0.6) is 0 Å². The first-order chi connectivity index (χ1) is 10.7. The number of pyridine rings is 1. The zero-order valence-electron chi connectivity index (χ0n) is 12.8. The summed E-state index contributed by atoms with van der Waals surface area (Å²) < 4.78 is 1.23. The number of nitrogens with zero attached hydrogens (tertiary/aromatic N) is 2. The highest BCUT2D eigenvalue weighted by molar-refractivity contribution is 8.01. The number of anilines is 1. The van der Waals surface area contributed by atoms with Crippen molar-refractivity contribution >= 4 is 28.2 Å². The van der Waals surface area contributed by atoms with Gasteiger partial charge in [0.1, 0.15) is 0 Å². The Morgan fingerprint density at radius 3 is 3.05 bits per heavy atom. The van der Waals surface area contributed by atoms with Crippen molar-refractivity contribution in [2.24, 2.45) is 0 Å². The number of aromatic nitrogens is 2. The van der Waals surface area contributed by atoms with Crippen LogP contribution in [0.15, 0.2) is 34.7 Å². The van der Waals surface area contributed by atoms with Crippen molar-refractivity contribution in [3.05, 3.63) is 47.4 Å². The van der Waals surface area contributed by atoms with Gasteiger partial charge in [-0.15, -0.1) is 11.8 Å². The second-order valence-corrected chi connectivity index (χ2v) is 7.98. The molecule has 1 aliphatic rings. The van der Waals surface area contributed by atoms with Crippen molar-refractivity contribution in [2.75, 3.05) is 11.5 Å². The van der Waals surface area contributed by atoms with Gasteiger partial charge in [0.25, 0.3) is 0 Å². The van der Waals surface area contributed by atoms with Gasteiger partial charge in [0.15, 0.2) is 5.13 Å². The molecule has 0 fully saturated rings. The third kappa shape index (κ3) is 3.90. The Kier molecular flexibility index (Phi) is 5.16. The van der Waals surface area contributed by atoms with Gasteiger partial charge < -0.3 is 5.73 Å². The van der Waals surface area contributed by atoms with E-state index in [9.17, 15) is 0 Å². The Bertz CT molecular complexity index is 664. The molecule has 5 heteroatoms. The summed E-state index contributed by atoms with van der Waals surface area (Å²) in [6.07, 6.45) is 11.2. The van der Waals surface area contributed by atoms with E-state index >= 15 is 0 Å². The molecule has 1 atom stereocenters. The molecular weight excluding hydrogens is 310 g/mol. The second kappa shape index (κ2) is 7.29. The van der Waals surface area contributed by atoms with E-state index in [1.165, 1.54) is 28.3 Å². The van der Waals surface area contributed by atoms with Crippen molar-refractivity contribution in [1.29, 1.82) is 0 Å². The highest BCUT2D eigenvalue weighted by Crippen LogP contribution is 2.31. The minimum absolute atomic E-state index is 0.658. The van der Waals surface area contributed by atoms with Gasteiger partial charge in [0, 0.05) is 17.6 Å². The van der Waals surface area contributed by atoms with Crippen molar-refractivity contribution in [3.8, 4) is 0 Å². The molecule has 0 aliphatic heterocycles. The summed E-state index contributed by atoms with van der Waals surface area (Å²) in [7, 11) is 0. The summed E-state index contributed by atoms with van der Waals surface area (Å²) >= 11 is 3.41. The second-order valence-electron chi connectivity index (χ2n) is 5.59. The lowest BCUT2D eigenvalue weighted by atomic mass is 9.88. The molecule has 0 aromatic carbocycles. The van der Waals surface area contributed by atoms with Gasteiger partial charge in [-0.1, -0.05) is 23.5 Å². The fourth-order valence-electron chi connectivity index (χ4n) is 2.77. The third-order valence-corrected chi connectivity index (χ3v) is 6.29. The Labute approximate surface area is 140 Å². The third-order valence-electron chi connectivity index (χ3n) is 3.94. The van der Waals surface area contributed by atoms with Crippen LogP contribution in [0.3, 0.4) is 0 Å². The zero-order valence-corrected chi connectivity index (χ0v) is 14.4. The molecule has 0 spiro atoms. The first kappa shape index (κ1) is 15.6. The average Bonchev–Trinajstić information content (AvgIpc) is 2.86. The fraction of sp³-hybridized carbons (Fsp3) is 0.412. The van der Waals surface area contributed by atoms with Crippen molar-refractivity contribution in [3.63, 3.8) is 0 Å². The highest BCUT2D eigenvalue weighted by atomic mass is 32.2. The van der Waals surface area contributed by atoms with E-state index in [0.29, 0.717) is 11.0 Å². The number of nitrogens with two attached hydrogens (primary N) is 1. The van der Waals surface area contributed by atoms with Crippen LogP contribution in [0.25, 0.3) is 0 Å².